The maximum absolute atomic E-state index is 6.38. The maximum atomic E-state index is 6.38. The van der Waals surface area contributed by atoms with E-state index in [0.29, 0.717) is 6.10 Å². The van der Waals surface area contributed by atoms with Gasteiger partial charge >= 0.3 is 0 Å². The molecular formula is C21H30N2O. The van der Waals surface area contributed by atoms with Gasteiger partial charge in [-0.1, -0.05) is 38.5 Å². The highest BCUT2D eigenvalue weighted by Crippen LogP contribution is 2.33. The van der Waals surface area contributed by atoms with Gasteiger partial charge in [0.15, 0.2) is 0 Å². The van der Waals surface area contributed by atoms with E-state index in [1.165, 1.54) is 81.0 Å². The number of hydrogen-bond acceptors (Lipinski definition) is 3. The molecule has 0 spiro atoms. The van der Waals surface area contributed by atoms with Crippen LogP contribution in [0.25, 0.3) is 0 Å². The van der Waals surface area contributed by atoms with Gasteiger partial charge in [0.05, 0.1) is 5.56 Å². The van der Waals surface area contributed by atoms with E-state index in [2.05, 4.69) is 11.1 Å². The number of aliphatic imine (C=N–C) groups is 1. The van der Waals surface area contributed by atoms with Crippen molar-refractivity contribution < 1.29 is 4.74 Å². The lowest BCUT2D eigenvalue weighted by molar-refractivity contribution is 0.148. The lowest BCUT2D eigenvalue weighted by Crippen LogP contribution is -2.24. The van der Waals surface area contributed by atoms with Crippen LogP contribution in [0, 0.1) is 5.92 Å². The number of nitrogens with zero attached hydrogens (tertiary/aromatic N) is 2. The molecule has 1 aromatic heterocycles. The third kappa shape index (κ3) is 3.65. The Morgan fingerprint density at radius 3 is 2.50 bits per heavy atom. The summed E-state index contributed by atoms with van der Waals surface area (Å²) in [6.45, 7) is 0.932. The lowest BCUT2D eigenvalue weighted by Gasteiger charge is -2.28. The van der Waals surface area contributed by atoms with Crippen LogP contribution in [0.2, 0.25) is 0 Å². The van der Waals surface area contributed by atoms with Crippen LogP contribution in [0.4, 0.5) is 0 Å². The first-order valence-corrected chi connectivity index (χ1v) is 10.1. The Balaban J connectivity index is 1.55. The number of hydrogen-bond donors (Lipinski definition) is 0. The second kappa shape index (κ2) is 7.67. The molecule has 2 saturated carbocycles. The van der Waals surface area contributed by atoms with Crippen LogP contribution in [0.15, 0.2) is 17.3 Å². The first kappa shape index (κ1) is 16.1. The fourth-order valence-corrected chi connectivity index (χ4v) is 4.65. The van der Waals surface area contributed by atoms with Gasteiger partial charge in [0.25, 0.3) is 0 Å². The molecule has 3 heteroatoms. The van der Waals surface area contributed by atoms with Crippen molar-refractivity contribution in [3.05, 3.63) is 23.4 Å². The van der Waals surface area contributed by atoms with Crippen molar-refractivity contribution in [1.29, 1.82) is 0 Å². The molecule has 3 aliphatic rings. The standard InChI is InChI=1S/C21H30N2O/c1-3-7-16(8-4-1)15-19-20-17(11-13-22-19)12-14-23-21(20)24-18-9-5-2-6-10-18/h12,14,16,18H,1-11,13,15H2. The van der Waals surface area contributed by atoms with E-state index in [1.54, 1.807) is 0 Å². The molecule has 1 aliphatic heterocycles. The van der Waals surface area contributed by atoms with Gasteiger partial charge in [-0.05, 0) is 56.1 Å². The molecule has 130 valence electrons. The molecular weight excluding hydrogens is 296 g/mol. The van der Waals surface area contributed by atoms with E-state index in [-0.39, 0.29) is 0 Å². The van der Waals surface area contributed by atoms with E-state index in [4.69, 9.17) is 9.73 Å². The number of ether oxygens (including phenoxy) is 1. The van der Waals surface area contributed by atoms with Crippen molar-refractivity contribution in [2.75, 3.05) is 6.54 Å². The summed E-state index contributed by atoms with van der Waals surface area (Å²) in [5, 5.41) is 0. The SMILES string of the molecule is c1cc2c(c(OC3CCCCC3)n1)C(CC1CCCCC1)=NCC2. The first-order chi connectivity index (χ1) is 11.9. The predicted molar refractivity (Wildman–Crippen MR) is 98.0 cm³/mol. The molecule has 2 heterocycles. The molecule has 0 amide bonds. The summed E-state index contributed by atoms with van der Waals surface area (Å²) in [5.74, 6) is 1.68. The summed E-state index contributed by atoms with van der Waals surface area (Å²) in [5.41, 5.74) is 3.93. The summed E-state index contributed by atoms with van der Waals surface area (Å²) in [7, 11) is 0. The Morgan fingerprint density at radius 1 is 0.958 bits per heavy atom. The van der Waals surface area contributed by atoms with Crippen LogP contribution < -0.4 is 4.74 Å². The molecule has 0 radical (unpaired) electrons. The van der Waals surface area contributed by atoms with Gasteiger partial charge < -0.3 is 4.74 Å². The number of pyridine rings is 1. The highest BCUT2D eigenvalue weighted by molar-refractivity contribution is 6.04. The molecule has 3 nitrogen and oxygen atoms in total. The van der Waals surface area contributed by atoms with E-state index >= 15 is 0 Å². The number of rotatable bonds is 4. The van der Waals surface area contributed by atoms with Gasteiger partial charge in [-0.15, -0.1) is 0 Å². The Hall–Kier alpha value is -1.38. The van der Waals surface area contributed by atoms with Crippen LogP contribution in [0.3, 0.4) is 0 Å². The molecule has 0 unspecified atom stereocenters. The summed E-state index contributed by atoms with van der Waals surface area (Å²) < 4.78 is 6.38. The molecule has 24 heavy (non-hydrogen) atoms. The van der Waals surface area contributed by atoms with E-state index in [0.717, 1.165) is 31.2 Å². The summed E-state index contributed by atoms with van der Waals surface area (Å²) in [6, 6.07) is 2.18. The van der Waals surface area contributed by atoms with Crippen molar-refractivity contribution in [2.24, 2.45) is 10.9 Å². The quantitative estimate of drug-likeness (QED) is 0.770. The zero-order chi connectivity index (χ0) is 16.2. The van der Waals surface area contributed by atoms with Gasteiger partial charge in [0, 0.05) is 18.5 Å². The zero-order valence-electron chi connectivity index (χ0n) is 14.8. The fraction of sp³-hybridized carbons (Fsp3) is 0.714. The first-order valence-electron chi connectivity index (χ1n) is 10.1. The van der Waals surface area contributed by atoms with Gasteiger partial charge in [0.1, 0.15) is 6.10 Å². The van der Waals surface area contributed by atoms with Crippen molar-refractivity contribution >= 4 is 5.71 Å². The minimum Gasteiger partial charge on any atom is -0.474 e. The van der Waals surface area contributed by atoms with Crippen LogP contribution in [0.5, 0.6) is 5.88 Å². The van der Waals surface area contributed by atoms with Crippen molar-refractivity contribution in [3.63, 3.8) is 0 Å². The van der Waals surface area contributed by atoms with E-state index in [9.17, 15) is 0 Å². The largest absolute Gasteiger partial charge is 0.474 e. The van der Waals surface area contributed by atoms with Gasteiger partial charge in [0.2, 0.25) is 5.88 Å². The maximum Gasteiger partial charge on any atom is 0.223 e. The predicted octanol–water partition coefficient (Wildman–Crippen LogP) is 5.11. The molecule has 0 bridgehead atoms. The highest BCUT2D eigenvalue weighted by Gasteiger charge is 2.26. The average Bonchev–Trinajstić information content (AvgIpc) is 2.64. The average molecular weight is 326 g/mol. The Kier molecular flexibility index (Phi) is 5.15. The molecule has 1 aromatic rings. The Morgan fingerprint density at radius 2 is 1.71 bits per heavy atom. The molecule has 0 aromatic carbocycles. The molecule has 2 fully saturated rings. The smallest absolute Gasteiger partial charge is 0.223 e. The molecule has 0 atom stereocenters. The van der Waals surface area contributed by atoms with E-state index < -0.39 is 0 Å². The van der Waals surface area contributed by atoms with Gasteiger partial charge in [-0.2, -0.15) is 0 Å². The molecule has 2 aliphatic carbocycles. The van der Waals surface area contributed by atoms with Gasteiger partial charge in [-0.25, -0.2) is 4.98 Å². The third-order valence-electron chi connectivity index (χ3n) is 6.01. The Labute approximate surface area is 145 Å². The number of aromatic nitrogens is 1. The summed E-state index contributed by atoms with van der Waals surface area (Å²) in [6.07, 6.45) is 17.7. The van der Waals surface area contributed by atoms with Crippen LogP contribution in [0.1, 0.15) is 81.8 Å². The van der Waals surface area contributed by atoms with Crippen molar-refractivity contribution in [2.45, 2.75) is 83.2 Å². The van der Waals surface area contributed by atoms with Crippen LogP contribution in [-0.4, -0.2) is 23.3 Å². The second-order valence-electron chi connectivity index (χ2n) is 7.81. The Bertz CT molecular complexity index is 584. The van der Waals surface area contributed by atoms with Crippen LogP contribution in [-0.2, 0) is 6.42 Å². The molecule has 0 saturated heterocycles. The monoisotopic (exact) mass is 326 g/mol. The van der Waals surface area contributed by atoms with Crippen LogP contribution >= 0.6 is 0 Å². The fourth-order valence-electron chi connectivity index (χ4n) is 4.65. The second-order valence-corrected chi connectivity index (χ2v) is 7.81. The topological polar surface area (TPSA) is 34.5 Å². The lowest BCUT2D eigenvalue weighted by atomic mass is 9.83. The normalized spacial score (nSPS) is 22.8. The molecule has 0 N–H and O–H groups in total. The molecule has 4 rings (SSSR count). The van der Waals surface area contributed by atoms with Crippen molar-refractivity contribution in [3.8, 4) is 5.88 Å². The summed E-state index contributed by atoms with van der Waals surface area (Å²) >= 11 is 0. The number of fused-ring (bicyclic) bond motifs is 1. The summed E-state index contributed by atoms with van der Waals surface area (Å²) in [4.78, 5) is 9.54. The van der Waals surface area contributed by atoms with Crippen molar-refractivity contribution in [1.82, 2.24) is 4.98 Å². The van der Waals surface area contributed by atoms with E-state index in [1.807, 2.05) is 6.20 Å². The zero-order valence-corrected chi connectivity index (χ0v) is 14.8. The minimum absolute atomic E-state index is 0.357. The third-order valence-corrected chi connectivity index (χ3v) is 6.01. The highest BCUT2D eigenvalue weighted by atomic mass is 16.5. The minimum atomic E-state index is 0.357. The van der Waals surface area contributed by atoms with Gasteiger partial charge in [-0.3, -0.25) is 4.99 Å².